The minimum absolute atomic E-state index is 0.892. The van der Waals surface area contributed by atoms with Crippen molar-refractivity contribution >= 4 is 0 Å². The second kappa shape index (κ2) is 9.30. The molecule has 0 saturated heterocycles. The molecular weight excluding hydrogens is 276 g/mol. The highest BCUT2D eigenvalue weighted by atomic mass is 14.4. The highest BCUT2D eigenvalue weighted by Crippen LogP contribution is 2.45. The lowest BCUT2D eigenvalue weighted by molar-refractivity contribution is 0.283. The number of aryl methyl sites for hydroxylation is 2. The standard InChI is InChI=1S/C23H36/c1-5-6-7-8-9-13-22-19(3)17-20(4)23(22)15-14-21-12-10-11-18(2)16-21/h8-12,16,19-20,22-23H,5-7,13-15,17H2,1-4H3/b9-8-/t19?,20-,22+,23?/m1/s1. The van der Waals surface area contributed by atoms with Crippen molar-refractivity contribution in [3.63, 3.8) is 0 Å². The van der Waals surface area contributed by atoms with E-state index in [2.05, 4.69) is 64.1 Å². The van der Waals surface area contributed by atoms with Crippen LogP contribution in [-0.4, -0.2) is 0 Å². The maximum Gasteiger partial charge on any atom is -0.0276 e. The molecule has 2 rings (SSSR count). The van der Waals surface area contributed by atoms with E-state index in [0.717, 1.165) is 23.7 Å². The Labute approximate surface area is 144 Å². The van der Waals surface area contributed by atoms with Gasteiger partial charge in [-0.15, -0.1) is 0 Å². The largest absolute Gasteiger partial charge is 0.0885 e. The van der Waals surface area contributed by atoms with E-state index in [9.17, 15) is 0 Å². The van der Waals surface area contributed by atoms with Gasteiger partial charge in [-0.2, -0.15) is 0 Å². The summed E-state index contributed by atoms with van der Waals surface area (Å²) in [5.74, 6) is 3.58. The zero-order chi connectivity index (χ0) is 16.7. The molecule has 0 spiro atoms. The Balaban J connectivity index is 1.90. The van der Waals surface area contributed by atoms with Crippen molar-refractivity contribution in [1.29, 1.82) is 0 Å². The van der Waals surface area contributed by atoms with Crippen molar-refractivity contribution in [3.8, 4) is 0 Å². The van der Waals surface area contributed by atoms with Gasteiger partial charge >= 0.3 is 0 Å². The molecule has 23 heavy (non-hydrogen) atoms. The third-order valence-electron chi connectivity index (χ3n) is 5.90. The van der Waals surface area contributed by atoms with Crippen molar-refractivity contribution in [2.45, 2.75) is 72.6 Å². The lowest BCUT2D eigenvalue weighted by atomic mass is 9.81. The van der Waals surface area contributed by atoms with Crippen LogP contribution in [0.2, 0.25) is 0 Å². The number of allylic oxidation sites excluding steroid dienone is 2. The minimum Gasteiger partial charge on any atom is -0.0885 e. The van der Waals surface area contributed by atoms with Crippen LogP contribution in [0.4, 0.5) is 0 Å². The lowest BCUT2D eigenvalue weighted by Gasteiger charge is -2.24. The van der Waals surface area contributed by atoms with Crippen molar-refractivity contribution in [1.82, 2.24) is 0 Å². The Kier molecular flexibility index (Phi) is 7.40. The maximum absolute atomic E-state index is 2.48. The summed E-state index contributed by atoms with van der Waals surface area (Å²) in [5.41, 5.74) is 2.92. The molecule has 1 aromatic rings. The molecular formula is C23H36. The van der Waals surface area contributed by atoms with E-state index in [4.69, 9.17) is 0 Å². The highest BCUT2D eigenvalue weighted by Gasteiger charge is 2.37. The number of unbranched alkanes of at least 4 members (excludes halogenated alkanes) is 2. The number of benzene rings is 1. The summed E-state index contributed by atoms with van der Waals surface area (Å²) in [6, 6.07) is 9.07. The first-order chi connectivity index (χ1) is 11.1. The molecule has 4 atom stereocenters. The first kappa shape index (κ1) is 18.3. The maximum atomic E-state index is 2.48. The molecule has 0 bridgehead atoms. The number of hydrogen-bond acceptors (Lipinski definition) is 0. The summed E-state index contributed by atoms with van der Waals surface area (Å²) in [5, 5.41) is 0. The Morgan fingerprint density at radius 1 is 1.09 bits per heavy atom. The van der Waals surface area contributed by atoms with Gasteiger partial charge in [-0.3, -0.25) is 0 Å². The molecule has 1 aliphatic carbocycles. The third kappa shape index (κ3) is 5.52. The molecule has 0 heteroatoms. The molecule has 128 valence electrons. The summed E-state index contributed by atoms with van der Waals surface area (Å²) in [4.78, 5) is 0. The van der Waals surface area contributed by atoms with Crippen LogP contribution in [0.5, 0.6) is 0 Å². The zero-order valence-corrected chi connectivity index (χ0v) is 15.7. The molecule has 1 aromatic carbocycles. The van der Waals surface area contributed by atoms with Crippen LogP contribution in [0.3, 0.4) is 0 Å². The fraction of sp³-hybridized carbons (Fsp3) is 0.652. The fourth-order valence-electron chi connectivity index (χ4n) is 4.58. The molecule has 0 nitrogen and oxygen atoms in total. The average molecular weight is 313 g/mol. The van der Waals surface area contributed by atoms with Gasteiger partial charge in [0.25, 0.3) is 0 Å². The SMILES string of the molecule is CCCC/C=C\C[C@H]1C(C)C[C@@H](C)C1CCc1cccc(C)c1. The van der Waals surface area contributed by atoms with Crippen molar-refractivity contribution in [3.05, 3.63) is 47.5 Å². The van der Waals surface area contributed by atoms with Crippen LogP contribution < -0.4 is 0 Å². The molecule has 0 aliphatic heterocycles. The van der Waals surface area contributed by atoms with E-state index < -0.39 is 0 Å². The van der Waals surface area contributed by atoms with Crippen LogP contribution >= 0.6 is 0 Å². The van der Waals surface area contributed by atoms with E-state index in [1.54, 1.807) is 0 Å². The van der Waals surface area contributed by atoms with Gasteiger partial charge in [0, 0.05) is 0 Å². The summed E-state index contributed by atoms with van der Waals surface area (Å²) in [6.07, 6.45) is 14.2. The highest BCUT2D eigenvalue weighted by molar-refractivity contribution is 5.22. The zero-order valence-electron chi connectivity index (χ0n) is 15.7. The quantitative estimate of drug-likeness (QED) is 0.359. The molecule has 1 saturated carbocycles. The number of rotatable bonds is 8. The predicted octanol–water partition coefficient (Wildman–Crippen LogP) is 6.97. The van der Waals surface area contributed by atoms with E-state index in [-0.39, 0.29) is 0 Å². The number of hydrogen-bond donors (Lipinski definition) is 0. The van der Waals surface area contributed by atoms with E-state index in [1.807, 2.05) is 0 Å². The molecule has 1 aliphatic rings. The monoisotopic (exact) mass is 312 g/mol. The van der Waals surface area contributed by atoms with Gasteiger partial charge in [0.1, 0.15) is 0 Å². The molecule has 0 N–H and O–H groups in total. The summed E-state index contributed by atoms with van der Waals surface area (Å²) < 4.78 is 0. The third-order valence-corrected chi connectivity index (χ3v) is 5.90. The van der Waals surface area contributed by atoms with Gasteiger partial charge in [0.2, 0.25) is 0 Å². The topological polar surface area (TPSA) is 0 Å². The van der Waals surface area contributed by atoms with Crippen LogP contribution in [0, 0.1) is 30.6 Å². The van der Waals surface area contributed by atoms with E-state index in [0.29, 0.717) is 0 Å². The van der Waals surface area contributed by atoms with Gasteiger partial charge in [-0.05, 0) is 68.3 Å². The Morgan fingerprint density at radius 3 is 2.61 bits per heavy atom. The van der Waals surface area contributed by atoms with E-state index in [1.165, 1.54) is 56.1 Å². The average Bonchev–Trinajstić information content (AvgIpc) is 2.79. The van der Waals surface area contributed by atoms with Gasteiger partial charge in [0.05, 0.1) is 0 Å². The summed E-state index contributed by atoms with van der Waals surface area (Å²) in [7, 11) is 0. The van der Waals surface area contributed by atoms with Crippen molar-refractivity contribution in [2.75, 3.05) is 0 Å². The minimum atomic E-state index is 0.892. The van der Waals surface area contributed by atoms with Gasteiger partial charge in [-0.1, -0.05) is 75.6 Å². The Morgan fingerprint density at radius 2 is 1.87 bits per heavy atom. The Hall–Kier alpha value is -1.04. The first-order valence-electron chi connectivity index (χ1n) is 9.82. The summed E-state index contributed by atoms with van der Waals surface area (Å²) in [6.45, 7) is 9.44. The van der Waals surface area contributed by atoms with Crippen molar-refractivity contribution < 1.29 is 0 Å². The normalized spacial score (nSPS) is 27.8. The second-order valence-electron chi connectivity index (χ2n) is 7.90. The van der Waals surface area contributed by atoms with Crippen LogP contribution in [0.1, 0.15) is 70.4 Å². The molecule has 0 heterocycles. The first-order valence-corrected chi connectivity index (χ1v) is 9.82. The van der Waals surface area contributed by atoms with Gasteiger partial charge in [-0.25, -0.2) is 0 Å². The van der Waals surface area contributed by atoms with E-state index >= 15 is 0 Å². The molecule has 2 unspecified atom stereocenters. The summed E-state index contributed by atoms with van der Waals surface area (Å²) >= 11 is 0. The Bertz CT molecular complexity index is 485. The van der Waals surface area contributed by atoms with Gasteiger partial charge < -0.3 is 0 Å². The fourth-order valence-corrected chi connectivity index (χ4v) is 4.58. The molecule has 0 amide bonds. The predicted molar refractivity (Wildman–Crippen MR) is 103 cm³/mol. The van der Waals surface area contributed by atoms with Crippen molar-refractivity contribution in [2.24, 2.45) is 23.7 Å². The lowest BCUT2D eigenvalue weighted by Crippen LogP contribution is -2.16. The van der Waals surface area contributed by atoms with Crippen LogP contribution in [-0.2, 0) is 6.42 Å². The smallest absolute Gasteiger partial charge is 0.0276 e. The molecule has 0 aromatic heterocycles. The molecule has 1 fully saturated rings. The second-order valence-corrected chi connectivity index (χ2v) is 7.90. The molecule has 0 radical (unpaired) electrons. The van der Waals surface area contributed by atoms with Gasteiger partial charge in [0.15, 0.2) is 0 Å². The van der Waals surface area contributed by atoms with Crippen LogP contribution in [0.25, 0.3) is 0 Å². The van der Waals surface area contributed by atoms with Crippen LogP contribution in [0.15, 0.2) is 36.4 Å².